The van der Waals surface area contributed by atoms with Crippen molar-refractivity contribution in [3.05, 3.63) is 29.8 Å². The van der Waals surface area contributed by atoms with Crippen LogP contribution in [0.5, 0.6) is 5.75 Å². The molecule has 0 spiro atoms. The van der Waals surface area contributed by atoms with Crippen LogP contribution in [0.4, 0.5) is 4.79 Å². The molecule has 0 bridgehead atoms. The number of hydrogen-bond donors (Lipinski definition) is 1. The first kappa shape index (κ1) is 10.0. The lowest BCUT2D eigenvalue weighted by Gasteiger charge is -2.05. The summed E-state index contributed by atoms with van der Waals surface area (Å²) in [5.74, 6) is 1.27. The minimum Gasteiger partial charge on any atom is -0.410 e. The zero-order valence-corrected chi connectivity index (χ0v) is 8.82. The van der Waals surface area contributed by atoms with E-state index in [1.807, 2.05) is 19.1 Å². The molecule has 1 aliphatic rings. The zero-order valence-electron chi connectivity index (χ0n) is 8.82. The molecule has 1 aromatic carbocycles. The number of ether oxygens (including phenoxy) is 1. The molecule has 3 nitrogen and oxygen atoms in total. The molecule has 1 fully saturated rings. The Morgan fingerprint density at radius 2 is 2.07 bits per heavy atom. The van der Waals surface area contributed by atoms with Crippen LogP contribution >= 0.6 is 0 Å². The Morgan fingerprint density at radius 3 is 2.67 bits per heavy atom. The summed E-state index contributed by atoms with van der Waals surface area (Å²) in [5.41, 5.74) is 1.15. The van der Waals surface area contributed by atoms with Gasteiger partial charge in [-0.3, -0.25) is 0 Å². The van der Waals surface area contributed by atoms with Crippen molar-refractivity contribution in [3.63, 3.8) is 0 Å². The van der Waals surface area contributed by atoms with Crippen LogP contribution in [0.3, 0.4) is 0 Å². The molecule has 80 valence electrons. The van der Waals surface area contributed by atoms with Gasteiger partial charge in [0.25, 0.3) is 0 Å². The minimum absolute atomic E-state index is 0.356. The fourth-order valence-electron chi connectivity index (χ4n) is 1.30. The number of hydrogen-bond acceptors (Lipinski definition) is 2. The molecule has 3 heteroatoms. The number of aryl methyl sites for hydroxylation is 1. The summed E-state index contributed by atoms with van der Waals surface area (Å²) in [6.45, 7) is 2.74. The van der Waals surface area contributed by atoms with Crippen LogP contribution < -0.4 is 10.1 Å². The fraction of sp³-hybridized carbons (Fsp3) is 0.417. The molecule has 15 heavy (non-hydrogen) atoms. The molecule has 0 aliphatic heterocycles. The van der Waals surface area contributed by atoms with E-state index < -0.39 is 0 Å². The van der Waals surface area contributed by atoms with Gasteiger partial charge < -0.3 is 10.1 Å². The molecule has 0 radical (unpaired) electrons. The average Bonchev–Trinajstić information content (AvgIpc) is 3.02. The quantitative estimate of drug-likeness (QED) is 0.823. The highest BCUT2D eigenvalue weighted by molar-refractivity contribution is 5.70. The van der Waals surface area contributed by atoms with E-state index in [2.05, 4.69) is 5.32 Å². The number of benzene rings is 1. The molecule has 1 aromatic rings. The highest BCUT2D eigenvalue weighted by atomic mass is 16.5. The van der Waals surface area contributed by atoms with E-state index in [1.54, 1.807) is 12.1 Å². The zero-order chi connectivity index (χ0) is 10.7. The van der Waals surface area contributed by atoms with E-state index in [9.17, 15) is 4.79 Å². The van der Waals surface area contributed by atoms with Crippen LogP contribution in [-0.4, -0.2) is 12.6 Å². The fourth-order valence-corrected chi connectivity index (χ4v) is 1.30. The molecule has 0 unspecified atom stereocenters. The highest BCUT2D eigenvalue weighted by Gasteiger charge is 2.21. The summed E-state index contributed by atoms with van der Waals surface area (Å²) in [6, 6.07) is 7.44. The van der Waals surface area contributed by atoms with Gasteiger partial charge in [-0.2, -0.15) is 0 Å². The monoisotopic (exact) mass is 205 g/mol. The second kappa shape index (κ2) is 4.34. The lowest BCUT2D eigenvalue weighted by Crippen LogP contribution is -2.28. The van der Waals surface area contributed by atoms with Gasteiger partial charge >= 0.3 is 6.09 Å². The van der Waals surface area contributed by atoms with Gasteiger partial charge in [0.1, 0.15) is 5.75 Å². The van der Waals surface area contributed by atoms with E-state index in [4.69, 9.17) is 4.74 Å². The Bertz CT molecular complexity index is 341. The smallest absolute Gasteiger partial charge is 0.410 e. The maximum Gasteiger partial charge on any atom is 0.412 e. The maximum atomic E-state index is 11.3. The molecule has 0 aromatic heterocycles. The van der Waals surface area contributed by atoms with Crippen molar-refractivity contribution in [2.75, 3.05) is 6.54 Å². The van der Waals surface area contributed by atoms with Crippen molar-refractivity contribution in [3.8, 4) is 5.75 Å². The Kier molecular flexibility index (Phi) is 2.90. The third-order valence-electron chi connectivity index (χ3n) is 2.46. The molecule has 0 heterocycles. The van der Waals surface area contributed by atoms with Crippen LogP contribution in [0.1, 0.15) is 18.4 Å². The summed E-state index contributed by atoms with van der Waals surface area (Å²) >= 11 is 0. The molecule has 0 saturated heterocycles. The van der Waals surface area contributed by atoms with Gasteiger partial charge in [-0.15, -0.1) is 0 Å². The number of amides is 1. The van der Waals surface area contributed by atoms with Gasteiger partial charge in [0.05, 0.1) is 0 Å². The third-order valence-corrected chi connectivity index (χ3v) is 2.46. The van der Waals surface area contributed by atoms with Crippen LogP contribution in [0.15, 0.2) is 24.3 Å². The van der Waals surface area contributed by atoms with E-state index in [-0.39, 0.29) is 6.09 Å². The second-order valence-corrected chi connectivity index (χ2v) is 4.03. The van der Waals surface area contributed by atoms with Crippen molar-refractivity contribution in [1.29, 1.82) is 0 Å². The van der Waals surface area contributed by atoms with Gasteiger partial charge in [-0.25, -0.2) is 4.79 Å². The first-order valence-electron chi connectivity index (χ1n) is 5.26. The Balaban J connectivity index is 1.79. The second-order valence-electron chi connectivity index (χ2n) is 4.03. The van der Waals surface area contributed by atoms with Gasteiger partial charge in [0.2, 0.25) is 0 Å². The topological polar surface area (TPSA) is 38.3 Å². The van der Waals surface area contributed by atoms with Crippen molar-refractivity contribution in [2.24, 2.45) is 5.92 Å². The Morgan fingerprint density at radius 1 is 1.40 bits per heavy atom. The first-order chi connectivity index (χ1) is 7.24. The predicted octanol–water partition coefficient (Wildman–Crippen LogP) is 2.49. The molecule has 1 N–H and O–H groups in total. The van der Waals surface area contributed by atoms with Crippen LogP contribution in [0.2, 0.25) is 0 Å². The lowest BCUT2D eigenvalue weighted by molar-refractivity contribution is 0.200. The van der Waals surface area contributed by atoms with Gasteiger partial charge in [0, 0.05) is 6.54 Å². The maximum absolute atomic E-state index is 11.3. The summed E-state index contributed by atoms with van der Waals surface area (Å²) < 4.78 is 5.10. The molecule has 0 atom stereocenters. The van der Waals surface area contributed by atoms with E-state index in [0.29, 0.717) is 11.7 Å². The average molecular weight is 205 g/mol. The molecule has 1 saturated carbocycles. The van der Waals surface area contributed by atoms with E-state index in [1.165, 1.54) is 12.8 Å². The number of carbonyl (C=O) groups excluding carboxylic acids is 1. The SMILES string of the molecule is Cc1ccc(OC(=O)NCC2CC2)cc1. The first-order valence-corrected chi connectivity index (χ1v) is 5.26. The molecular formula is C12H15NO2. The summed E-state index contributed by atoms with van der Waals surface area (Å²) in [7, 11) is 0. The highest BCUT2D eigenvalue weighted by Crippen LogP contribution is 2.27. The Labute approximate surface area is 89.4 Å². The van der Waals surface area contributed by atoms with Crippen molar-refractivity contribution < 1.29 is 9.53 Å². The lowest BCUT2D eigenvalue weighted by atomic mass is 10.2. The Hall–Kier alpha value is -1.51. The standard InChI is InChI=1S/C12H15NO2/c1-9-2-6-11(7-3-9)15-12(14)13-8-10-4-5-10/h2-3,6-7,10H,4-5,8H2,1H3,(H,13,14). The van der Waals surface area contributed by atoms with Crippen LogP contribution in [0.25, 0.3) is 0 Å². The van der Waals surface area contributed by atoms with Crippen LogP contribution in [0, 0.1) is 12.8 Å². The van der Waals surface area contributed by atoms with Gasteiger partial charge in [-0.1, -0.05) is 17.7 Å². The van der Waals surface area contributed by atoms with E-state index >= 15 is 0 Å². The summed E-state index contributed by atoms with van der Waals surface area (Å²) in [5, 5.41) is 2.75. The van der Waals surface area contributed by atoms with Crippen molar-refractivity contribution in [2.45, 2.75) is 19.8 Å². The number of nitrogens with one attached hydrogen (secondary N) is 1. The summed E-state index contributed by atoms with van der Waals surface area (Å²) in [4.78, 5) is 11.3. The third kappa shape index (κ3) is 3.27. The van der Waals surface area contributed by atoms with Crippen LogP contribution in [-0.2, 0) is 0 Å². The molecule has 2 rings (SSSR count). The summed E-state index contributed by atoms with van der Waals surface area (Å²) in [6.07, 6.45) is 2.10. The molecule has 1 amide bonds. The molecular weight excluding hydrogens is 190 g/mol. The largest absolute Gasteiger partial charge is 0.412 e. The van der Waals surface area contributed by atoms with Gasteiger partial charge in [-0.05, 0) is 37.8 Å². The minimum atomic E-state index is -0.356. The number of carbonyl (C=O) groups is 1. The normalized spacial score (nSPS) is 14.7. The van der Waals surface area contributed by atoms with E-state index in [0.717, 1.165) is 12.1 Å². The van der Waals surface area contributed by atoms with Crippen molar-refractivity contribution in [1.82, 2.24) is 5.32 Å². The number of rotatable bonds is 3. The molecule has 1 aliphatic carbocycles. The predicted molar refractivity (Wildman–Crippen MR) is 57.9 cm³/mol. The van der Waals surface area contributed by atoms with Gasteiger partial charge in [0.15, 0.2) is 0 Å². The van der Waals surface area contributed by atoms with Crippen molar-refractivity contribution >= 4 is 6.09 Å².